The number of rotatable bonds is 4. The van der Waals surface area contributed by atoms with E-state index in [0.29, 0.717) is 27.4 Å². The van der Waals surface area contributed by atoms with Gasteiger partial charge in [-0.25, -0.2) is 0 Å². The molecule has 0 saturated carbocycles. The maximum atomic E-state index is 13.1. The Balaban J connectivity index is 1.91. The minimum atomic E-state index is -0.115. The molecular formula is C21H18ClN3O2. The summed E-state index contributed by atoms with van der Waals surface area (Å²) in [5.41, 5.74) is 2.88. The Hall–Kier alpha value is -2.92. The van der Waals surface area contributed by atoms with Crippen LogP contribution in [0.25, 0.3) is 33.7 Å². The Kier molecular flexibility index (Phi) is 4.54. The molecule has 0 N–H and O–H groups in total. The molecule has 6 heteroatoms. The largest absolute Gasteiger partial charge is 0.346 e. The van der Waals surface area contributed by atoms with Gasteiger partial charge in [0.1, 0.15) is 5.56 Å². The van der Waals surface area contributed by atoms with Crippen LogP contribution in [0.15, 0.2) is 58.0 Å². The number of pyridine rings is 1. The fraction of sp³-hybridized carbons (Fsp3) is 0.190. The molecule has 0 bridgehead atoms. The molecule has 0 aliphatic carbocycles. The van der Waals surface area contributed by atoms with Crippen molar-refractivity contribution in [3.8, 4) is 22.8 Å². The van der Waals surface area contributed by atoms with Gasteiger partial charge in [-0.15, -0.1) is 0 Å². The van der Waals surface area contributed by atoms with Crippen LogP contribution in [-0.4, -0.2) is 14.7 Å². The van der Waals surface area contributed by atoms with Gasteiger partial charge in [-0.1, -0.05) is 47.4 Å². The van der Waals surface area contributed by atoms with Gasteiger partial charge >= 0.3 is 0 Å². The molecule has 0 amide bonds. The summed E-state index contributed by atoms with van der Waals surface area (Å²) in [4.78, 5) is 17.5. The average Bonchev–Trinajstić information content (AvgIpc) is 3.14. The third-order valence-electron chi connectivity index (χ3n) is 4.47. The Morgan fingerprint density at radius 2 is 1.96 bits per heavy atom. The molecule has 5 nitrogen and oxygen atoms in total. The zero-order valence-corrected chi connectivity index (χ0v) is 15.8. The highest BCUT2D eigenvalue weighted by atomic mass is 35.5. The number of fused-ring (bicyclic) bond motifs is 1. The minimum absolute atomic E-state index is 0.115. The van der Waals surface area contributed by atoms with Gasteiger partial charge in [0.2, 0.25) is 11.3 Å². The molecule has 0 spiro atoms. The van der Waals surface area contributed by atoms with Crippen LogP contribution < -0.4 is 5.43 Å². The normalized spacial score (nSPS) is 11.2. The monoisotopic (exact) mass is 379 g/mol. The van der Waals surface area contributed by atoms with Crippen molar-refractivity contribution in [3.63, 3.8) is 0 Å². The summed E-state index contributed by atoms with van der Waals surface area (Å²) >= 11 is 6.22. The maximum Gasteiger partial charge on any atom is 0.263 e. The van der Waals surface area contributed by atoms with Crippen molar-refractivity contribution < 1.29 is 4.52 Å². The van der Waals surface area contributed by atoms with Gasteiger partial charge in [0.15, 0.2) is 0 Å². The SMILES string of the molecule is CCCn1cc(-c2nc(-c3ccccc3Cl)no2)c(=O)c2cc(C)ccc21. The molecule has 4 aromatic rings. The van der Waals surface area contributed by atoms with Crippen LogP contribution in [0.1, 0.15) is 18.9 Å². The van der Waals surface area contributed by atoms with E-state index in [0.717, 1.165) is 24.0 Å². The first-order valence-corrected chi connectivity index (χ1v) is 9.19. The van der Waals surface area contributed by atoms with E-state index in [-0.39, 0.29) is 11.3 Å². The standard InChI is InChI=1S/C21H18ClN3O2/c1-3-10-25-12-16(19(26)15-11-13(2)8-9-18(15)25)21-23-20(24-27-21)14-6-4-5-7-17(14)22/h4-9,11-12H,3,10H2,1-2H3. The molecular weight excluding hydrogens is 362 g/mol. The summed E-state index contributed by atoms with van der Waals surface area (Å²) in [7, 11) is 0. The van der Waals surface area contributed by atoms with Gasteiger partial charge in [0.25, 0.3) is 5.89 Å². The van der Waals surface area contributed by atoms with Gasteiger partial charge in [-0.05, 0) is 37.6 Å². The lowest BCUT2D eigenvalue weighted by Crippen LogP contribution is -2.12. The molecule has 27 heavy (non-hydrogen) atoms. The van der Waals surface area contributed by atoms with Crippen molar-refractivity contribution in [1.29, 1.82) is 0 Å². The predicted octanol–water partition coefficient (Wildman–Crippen LogP) is 5.09. The topological polar surface area (TPSA) is 60.9 Å². The van der Waals surface area contributed by atoms with Crippen LogP contribution in [0.2, 0.25) is 5.02 Å². The van der Waals surface area contributed by atoms with E-state index in [4.69, 9.17) is 16.1 Å². The van der Waals surface area contributed by atoms with E-state index in [2.05, 4.69) is 21.6 Å². The van der Waals surface area contributed by atoms with Crippen LogP contribution in [-0.2, 0) is 6.54 Å². The van der Waals surface area contributed by atoms with Crippen molar-refractivity contribution in [2.45, 2.75) is 26.8 Å². The fourth-order valence-electron chi connectivity index (χ4n) is 3.17. The van der Waals surface area contributed by atoms with E-state index < -0.39 is 0 Å². The number of halogens is 1. The molecule has 0 fully saturated rings. The molecule has 0 unspecified atom stereocenters. The summed E-state index contributed by atoms with van der Waals surface area (Å²) in [6.07, 6.45) is 2.74. The quantitative estimate of drug-likeness (QED) is 0.495. The number of hydrogen-bond acceptors (Lipinski definition) is 4. The second-order valence-corrected chi connectivity index (χ2v) is 6.90. The smallest absolute Gasteiger partial charge is 0.263 e. The third-order valence-corrected chi connectivity index (χ3v) is 4.80. The number of nitrogens with zero attached hydrogens (tertiary/aromatic N) is 3. The Morgan fingerprint density at radius 3 is 2.74 bits per heavy atom. The lowest BCUT2D eigenvalue weighted by molar-refractivity contribution is 0.431. The summed E-state index contributed by atoms with van der Waals surface area (Å²) < 4.78 is 7.48. The molecule has 0 radical (unpaired) electrons. The van der Waals surface area contributed by atoms with Crippen molar-refractivity contribution in [2.24, 2.45) is 0 Å². The van der Waals surface area contributed by atoms with E-state index >= 15 is 0 Å². The van der Waals surface area contributed by atoms with Gasteiger partial charge in [0, 0.05) is 23.7 Å². The highest BCUT2D eigenvalue weighted by Crippen LogP contribution is 2.27. The first-order chi connectivity index (χ1) is 13.1. The highest BCUT2D eigenvalue weighted by Gasteiger charge is 2.18. The van der Waals surface area contributed by atoms with E-state index in [1.54, 1.807) is 12.3 Å². The minimum Gasteiger partial charge on any atom is -0.346 e. The van der Waals surface area contributed by atoms with Crippen LogP contribution in [0.3, 0.4) is 0 Å². The average molecular weight is 380 g/mol. The van der Waals surface area contributed by atoms with Crippen LogP contribution in [0, 0.1) is 6.92 Å². The zero-order chi connectivity index (χ0) is 19.0. The van der Waals surface area contributed by atoms with Gasteiger partial charge in [0.05, 0.1) is 10.5 Å². The van der Waals surface area contributed by atoms with Crippen LogP contribution >= 0.6 is 11.6 Å². The van der Waals surface area contributed by atoms with E-state index in [1.807, 2.05) is 43.3 Å². The highest BCUT2D eigenvalue weighted by molar-refractivity contribution is 6.33. The molecule has 0 atom stereocenters. The Labute approximate surface area is 161 Å². The number of benzene rings is 2. The molecule has 0 aliphatic heterocycles. The second kappa shape index (κ2) is 7.00. The Morgan fingerprint density at radius 1 is 1.15 bits per heavy atom. The molecule has 2 aromatic heterocycles. The van der Waals surface area contributed by atoms with Crippen LogP contribution in [0.5, 0.6) is 0 Å². The second-order valence-electron chi connectivity index (χ2n) is 6.49. The van der Waals surface area contributed by atoms with Gasteiger partial charge in [-0.2, -0.15) is 4.98 Å². The maximum absolute atomic E-state index is 13.1. The van der Waals surface area contributed by atoms with Crippen LogP contribution in [0.4, 0.5) is 0 Å². The number of aryl methyl sites for hydroxylation is 2. The molecule has 2 aromatic carbocycles. The molecule has 0 saturated heterocycles. The van der Waals surface area contributed by atoms with Gasteiger partial charge in [-0.3, -0.25) is 4.79 Å². The summed E-state index contributed by atoms with van der Waals surface area (Å²) in [5, 5.41) is 5.20. The van der Waals surface area contributed by atoms with Crippen molar-refractivity contribution in [3.05, 3.63) is 69.5 Å². The van der Waals surface area contributed by atoms with Gasteiger partial charge < -0.3 is 9.09 Å². The van der Waals surface area contributed by atoms with E-state index in [9.17, 15) is 4.79 Å². The first kappa shape index (κ1) is 17.5. The van der Waals surface area contributed by atoms with Crippen molar-refractivity contribution >= 4 is 22.5 Å². The molecule has 136 valence electrons. The molecule has 0 aliphatic rings. The first-order valence-electron chi connectivity index (χ1n) is 8.81. The Bertz CT molecular complexity index is 1190. The van der Waals surface area contributed by atoms with Crippen molar-refractivity contribution in [2.75, 3.05) is 0 Å². The van der Waals surface area contributed by atoms with Crippen molar-refractivity contribution in [1.82, 2.24) is 14.7 Å². The number of hydrogen-bond donors (Lipinski definition) is 0. The summed E-state index contributed by atoms with van der Waals surface area (Å²) in [6.45, 7) is 4.86. The zero-order valence-electron chi connectivity index (χ0n) is 15.1. The summed E-state index contributed by atoms with van der Waals surface area (Å²) in [6, 6.07) is 13.2. The lowest BCUT2D eigenvalue weighted by Gasteiger charge is -2.11. The molecule has 2 heterocycles. The lowest BCUT2D eigenvalue weighted by atomic mass is 10.1. The summed E-state index contributed by atoms with van der Waals surface area (Å²) in [5.74, 6) is 0.560. The molecule has 4 rings (SSSR count). The predicted molar refractivity (Wildman–Crippen MR) is 107 cm³/mol. The number of aromatic nitrogens is 3. The van der Waals surface area contributed by atoms with E-state index in [1.165, 1.54) is 0 Å². The third kappa shape index (κ3) is 3.15. The fourth-order valence-corrected chi connectivity index (χ4v) is 3.39.